The van der Waals surface area contributed by atoms with E-state index in [2.05, 4.69) is 33.0 Å². The number of carbonyl (C=O) groups excluding carboxylic acids is 1. The van der Waals surface area contributed by atoms with Gasteiger partial charge in [0.2, 0.25) is 5.91 Å². The number of nitrogens with zero attached hydrogens (tertiary/aromatic N) is 2. The molecule has 2 aromatic rings. The lowest BCUT2D eigenvalue weighted by Crippen LogP contribution is -2.62. The highest BCUT2D eigenvalue weighted by Gasteiger charge is 2.49. The first kappa shape index (κ1) is 19.6. The zero-order chi connectivity index (χ0) is 19.7. The normalized spacial score (nSPS) is 24.3. The summed E-state index contributed by atoms with van der Waals surface area (Å²) in [6, 6.07) is 17.3. The molecule has 5 nitrogen and oxygen atoms in total. The van der Waals surface area contributed by atoms with E-state index in [1.54, 1.807) is 4.90 Å². The van der Waals surface area contributed by atoms with Gasteiger partial charge in [-0.05, 0) is 49.2 Å². The van der Waals surface area contributed by atoms with Crippen LogP contribution in [0.4, 0.5) is 5.69 Å². The van der Waals surface area contributed by atoms with Crippen molar-refractivity contribution in [3.05, 3.63) is 64.6 Å². The Labute approximate surface area is 174 Å². The molecule has 2 aromatic carbocycles. The molecule has 2 fully saturated rings. The number of sulfone groups is 1. The van der Waals surface area contributed by atoms with Crippen LogP contribution in [0.15, 0.2) is 59.1 Å². The fourth-order valence-electron chi connectivity index (χ4n) is 4.27. The van der Waals surface area contributed by atoms with Crippen LogP contribution in [-0.2, 0) is 21.1 Å². The molecule has 2 aliphatic heterocycles. The van der Waals surface area contributed by atoms with Crippen LogP contribution >= 0.6 is 15.9 Å². The molecular formula is C21H23BrN2O3S. The van der Waals surface area contributed by atoms with Crippen molar-refractivity contribution in [3.8, 4) is 0 Å². The first-order valence-corrected chi connectivity index (χ1v) is 12.1. The Morgan fingerprint density at radius 3 is 2.36 bits per heavy atom. The molecule has 1 amide bonds. The van der Waals surface area contributed by atoms with E-state index in [1.807, 2.05) is 42.5 Å². The van der Waals surface area contributed by atoms with Crippen LogP contribution in [0.3, 0.4) is 0 Å². The van der Waals surface area contributed by atoms with E-state index in [-0.39, 0.29) is 36.0 Å². The molecule has 7 heteroatoms. The minimum Gasteiger partial charge on any atom is -0.306 e. The molecule has 4 rings (SSSR count). The van der Waals surface area contributed by atoms with E-state index >= 15 is 0 Å². The maximum Gasteiger partial charge on any atom is 0.241 e. The van der Waals surface area contributed by atoms with Gasteiger partial charge < -0.3 is 4.90 Å². The summed E-state index contributed by atoms with van der Waals surface area (Å²) in [5.41, 5.74) is 2.03. The monoisotopic (exact) mass is 462 g/mol. The summed E-state index contributed by atoms with van der Waals surface area (Å²) in [5, 5.41) is 0. The van der Waals surface area contributed by atoms with E-state index in [0.29, 0.717) is 0 Å². The maximum absolute atomic E-state index is 13.0. The molecule has 0 aliphatic carbocycles. The van der Waals surface area contributed by atoms with E-state index in [1.165, 1.54) is 5.56 Å². The molecule has 2 aliphatic rings. The maximum atomic E-state index is 13.0. The molecule has 2 heterocycles. The molecule has 2 saturated heterocycles. The summed E-state index contributed by atoms with van der Waals surface area (Å²) < 4.78 is 25.7. The highest BCUT2D eigenvalue weighted by atomic mass is 79.9. The molecule has 148 valence electrons. The Morgan fingerprint density at radius 2 is 1.64 bits per heavy atom. The van der Waals surface area contributed by atoms with Crippen LogP contribution in [0.25, 0.3) is 0 Å². The van der Waals surface area contributed by atoms with Crippen molar-refractivity contribution in [2.45, 2.75) is 24.9 Å². The number of piperazine rings is 1. The first-order valence-electron chi connectivity index (χ1n) is 9.49. The second-order valence-corrected chi connectivity index (χ2v) is 10.6. The fourth-order valence-corrected chi connectivity index (χ4v) is 6.52. The lowest BCUT2D eigenvalue weighted by atomic mass is 10.0. The molecule has 2 atom stereocenters. The van der Waals surface area contributed by atoms with Gasteiger partial charge in [0.25, 0.3) is 0 Å². The van der Waals surface area contributed by atoms with Gasteiger partial charge in [0, 0.05) is 16.2 Å². The molecule has 0 bridgehead atoms. The fraction of sp³-hybridized carbons (Fsp3) is 0.381. The van der Waals surface area contributed by atoms with Crippen LogP contribution < -0.4 is 4.90 Å². The van der Waals surface area contributed by atoms with E-state index in [0.717, 1.165) is 29.5 Å². The third-order valence-corrected chi connectivity index (χ3v) is 7.79. The van der Waals surface area contributed by atoms with Gasteiger partial charge in [0.15, 0.2) is 9.84 Å². The topological polar surface area (TPSA) is 57.7 Å². The number of aryl methyl sites for hydroxylation is 1. The summed E-state index contributed by atoms with van der Waals surface area (Å²) in [4.78, 5) is 16.7. The third kappa shape index (κ3) is 4.16. The van der Waals surface area contributed by atoms with E-state index < -0.39 is 9.84 Å². The quantitative estimate of drug-likeness (QED) is 0.685. The predicted molar refractivity (Wildman–Crippen MR) is 114 cm³/mol. The van der Waals surface area contributed by atoms with Crippen molar-refractivity contribution in [1.82, 2.24) is 4.90 Å². The van der Waals surface area contributed by atoms with Crippen LogP contribution in [0.5, 0.6) is 0 Å². The van der Waals surface area contributed by atoms with Gasteiger partial charge in [-0.1, -0.05) is 46.3 Å². The Kier molecular flexibility index (Phi) is 5.58. The molecule has 0 aromatic heterocycles. The van der Waals surface area contributed by atoms with Gasteiger partial charge in [-0.2, -0.15) is 0 Å². The van der Waals surface area contributed by atoms with Crippen LogP contribution in [0.1, 0.15) is 12.0 Å². The van der Waals surface area contributed by atoms with Gasteiger partial charge >= 0.3 is 0 Å². The SMILES string of the molecule is O=C1CN(CCCc2ccccc2)[C@H]2CS(=O)(=O)C[C@H]2N1c1ccc(Br)cc1. The van der Waals surface area contributed by atoms with E-state index in [9.17, 15) is 13.2 Å². The van der Waals surface area contributed by atoms with Gasteiger partial charge in [-0.15, -0.1) is 0 Å². The molecule has 28 heavy (non-hydrogen) atoms. The first-order chi connectivity index (χ1) is 13.4. The number of halogens is 1. The average molecular weight is 463 g/mol. The zero-order valence-electron chi connectivity index (χ0n) is 15.5. The minimum absolute atomic E-state index is 0.0274. The number of rotatable bonds is 5. The van der Waals surface area contributed by atoms with Crippen LogP contribution in [0.2, 0.25) is 0 Å². The van der Waals surface area contributed by atoms with Crippen molar-refractivity contribution in [3.63, 3.8) is 0 Å². The van der Waals surface area contributed by atoms with Crippen LogP contribution in [-0.4, -0.2) is 55.9 Å². The summed E-state index contributed by atoms with van der Waals surface area (Å²) in [6.07, 6.45) is 1.82. The third-order valence-electron chi connectivity index (χ3n) is 5.56. The number of anilines is 1. The zero-order valence-corrected chi connectivity index (χ0v) is 17.9. The summed E-state index contributed by atoms with van der Waals surface area (Å²) in [5.74, 6) is 0.137. The Bertz CT molecular complexity index is 947. The van der Waals surface area contributed by atoms with Crippen molar-refractivity contribution in [2.75, 3.05) is 29.5 Å². The number of carbonyl (C=O) groups is 1. The number of benzene rings is 2. The van der Waals surface area contributed by atoms with Crippen molar-refractivity contribution in [1.29, 1.82) is 0 Å². The number of fused-ring (bicyclic) bond motifs is 1. The number of hydrogen-bond donors (Lipinski definition) is 0. The largest absolute Gasteiger partial charge is 0.306 e. The van der Waals surface area contributed by atoms with Gasteiger partial charge in [-0.3, -0.25) is 9.69 Å². The van der Waals surface area contributed by atoms with Crippen molar-refractivity contribution >= 4 is 37.4 Å². The van der Waals surface area contributed by atoms with Gasteiger partial charge in [0.1, 0.15) is 0 Å². The van der Waals surface area contributed by atoms with E-state index in [4.69, 9.17) is 0 Å². The summed E-state index contributed by atoms with van der Waals surface area (Å²) >= 11 is 3.41. The summed E-state index contributed by atoms with van der Waals surface area (Å²) in [7, 11) is -3.16. The lowest BCUT2D eigenvalue weighted by molar-refractivity contribution is -0.123. The Hall–Kier alpha value is -1.70. The molecule has 0 radical (unpaired) electrons. The Balaban J connectivity index is 1.52. The van der Waals surface area contributed by atoms with Crippen LogP contribution in [0, 0.1) is 0 Å². The van der Waals surface area contributed by atoms with Gasteiger partial charge in [-0.25, -0.2) is 8.42 Å². The molecule has 0 spiro atoms. The number of amides is 1. The lowest BCUT2D eigenvalue weighted by Gasteiger charge is -2.43. The smallest absolute Gasteiger partial charge is 0.241 e. The molecule has 0 N–H and O–H groups in total. The van der Waals surface area contributed by atoms with Crippen molar-refractivity contribution < 1.29 is 13.2 Å². The number of hydrogen-bond acceptors (Lipinski definition) is 4. The second kappa shape index (κ2) is 7.97. The highest BCUT2D eigenvalue weighted by molar-refractivity contribution is 9.10. The minimum atomic E-state index is -3.16. The highest BCUT2D eigenvalue weighted by Crippen LogP contribution is 2.32. The Morgan fingerprint density at radius 1 is 0.964 bits per heavy atom. The molecular weight excluding hydrogens is 440 g/mol. The standard InChI is InChI=1S/C21H23BrN2O3S/c22-17-8-10-18(11-9-17)24-20-15-28(26,27)14-19(20)23(13-21(24)25)12-4-7-16-5-2-1-3-6-16/h1-3,5-6,8-11,19-20H,4,7,12-15H2/t19-,20+/m0/s1. The summed E-state index contributed by atoms with van der Waals surface area (Å²) in [6.45, 7) is 0.993. The second-order valence-electron chi connectivity index (χ2n) is 7.51. The average Bonchev–Trinajstić information content (AvgIpc) is 2.99. The molecule has 0 saturated carbocycles. The van der Waals surface area contributed by atoms with Crippen molar-refractivity contribution in [2.24, 2.45) is 0 Å². The van der Waals surface area contributed by atoms with Gasteiger partial charge in [0.05, 0.1) is 24.1 Å². The molecule has 0 unspecified atom stereocenters. The predicted octanol–water partition coefficient (Wildman–Crippen LogP) is 2.90.